The van der Waals surface area contributed by atoms with Crippen LogP contribution >= 0.6 is 0 Å². The Labute approximate surface area is 120 Å². The zero-order chi connectivity index (χ0) is 14.2. The third-order valence-electron chi connectivity index (χ3n) is 3.27. The highest BCUT2D eigenvalue weighted by molar-refractivity contribution is 5.35. The van der Waals surface area contributed by atoms with Crippen LogP contribution in [0.2, 0.25) is 0 Å². The number of para-hydroxylation sites is 1. The molecule has 1 heterocycles. The third-order valence-corrected chi connectivity index (χ3v) is 3.27. The summed E-state index contributed by atoms with van der Waals surface area (Å²) in [6.07, 6.45) is 6.49. The van der Waals surface area contributed by atoms with Crippen molar-refractivity contribution in [3.05, 3.63) is 59.9 Å². The SMILES string of the molecule is CCCOc1ccccc1C(N)CCc1ccncc1. The Bertz CT molecular complexity index is 513. The zero-order valence-electron chi connectivity index (χ0n) is 12.0. The quantitative estimate of drug-likeness (QED) is 0.837. The van der Waals surface area contributed by atoms with E-state index in [0.717, 1.165) is 37.2 Å². The van der Waals surface area contributed by atoms with Gasteiger partial charge in [0.25, 0.3) is 0 Å². The summed E-state index contributed by atoms with van der Waals surface area (Å²) in [6.45, 7) is 2.83. The Morgan fingerprint density at radius 1 is 1.15 bits per heavy atom. The first-order valence-corrected chi connectivity index (χ1v) is 7.17. The van der Waals surface area contributed by atoms with E-state index >= 15 is 0 Å². The van der Waals surface area contributed by atoms with Crippen LogP contribution in [0, 0.1) is 0 Å². The maximum Gasteiger partial charge on any atom is 0.124 e. The van der Waals surface area contributed by atoms with Crippen molar-refractivity contribution in [2.75, 3.05) is 6.61 Å². The summed E-state index contributed by atoms with van der Waals surface area (Å²) in [5.41, 5.74) is 8.68. The molecule has 2 aromatic rings. The van der Waals surface area contributed by atoms with E-state index in [-0.39, 0.29) is 6.04 Å². The molecule has 106 valence electrons. The number of hydrogen-bond acceptors (Lipinski definition) is 3. The minimum atomic E-state index is -0.00350. The lowest BCUT2D eigenvalue weighted by atomic mass is 9.99. The van der Waals surface area contributed by atoms with Crippen molar-refractivity contribution in [3.8, 4) is 5.75 Å². The Balaban J connectivity index is 1.99. The lowest BCUT2D eigenvalue weighted by Crippen LogP contribution is -2.13. The van der Waals surface area contributed by atoms with Crippen LogP contribution in [0.15, 0.2) is 48.8 Å². The number of benzene rings is 1. The molecule has 0 aliphatic heterocycles. The van der Waals surface area contributed by atoms with E-state index in [1.54, 1.807) is 0 Å². The molecule has 20 heavy (non-hydrogen) atoms. The van der Waals surface area contributed by atoms with Crippen molar-refractivity contribution in [1.82, 2.24) is 4.98 Å². The summed E-state index contributed by atoms with van der Waals surface area (Å²) >= 11 is 0. The Kier molecular flexibility index (Phi) is 5.56. The second-order valence-electron chi connectivity index (χ2n) is 4.89. The van der Waals surface area contributed by atoms with Gasteiger partial charge in [-0.2, -0.15) is 0 Å². The molecule has 0 bridgehead atoms. The number of hydrogen-bond donors (Lipinski definition) is 1. The number of rotatable bonds is 7. The predicted molar refractivity (Wildman–Crippen MR) is 81.7 cm³/mol. The van der Waals surface area contributed by atoms with Gasteiger partial charge in [0, 0.05) is 24.0 Å². The molecule has 0 fully saturated rings. The van der Waals surface area contributed by atoms with Crippen molar-refractivity contribution in [2.45, 2.75) is 32.2 Å². The van der Waals surface area contributed by atoms with Gasteiger partial charge in [-0.3, -0.25) is 4.98 Å². The molecule has 2 rings (SSSR count). The average Bonchev–Trinajstić information content (AvgIpc) is 2.52. The summed E-state index contributed by atoms with van der Waals surface area (Å²) in [6, 6.07) is 12.1. The van der Waals surface area contributed by atoms with E-state index in [1.165, 1.54) is 5.56 Å². The molecule has 0 aliphatic carbocycles. The normalized spacial score (nSPS) is 12.1. The number of aryl methyl sites for hydroxylation is 1. The van der Waals surface area contributed by atoms with Crippen LogP contribution in [0.4, 0.5) is 0 Å². The van der Waals surface area contributed by atoms with Crippen LogP contribution in [0.3, 0.4) is 0 Å². The first-order valence-electron chi connectivity index (χ1n) is 7.17. The molecular formula is C17H22N2O. The smallest absolute Gasteiger partial charge is 0.124 e. The van der Waals surface area contributed by atoms with Crippen LogP contribution in [-0.4, -0.2) is 11.6 Å². The molecule has 2 N–H and O–H groups in total. The van der Waals surface area contributed by atoms with Crippen LogP contribution in [-0.2, 0) is 6.42 Å². The maximum absolute atomic E-state index is 6.32. The number of pyridine rings is 1. The van der Waals surface area contributed by atoms with E-state index in [1.807, 2.05) is 42.7 Å². The third kappa shape index (κ3) is 4.07. The highest BCUT2D eigenvalue weighted by atomic mass is 16.5. The van der Waals surface area contributed by atoms with Gasteiger partial charge in [-0.1, -0.05) is 25.1 Å². The van der Waals surface area contributed by atoms with Crippen molar-refractivity contribution < 1.29 is 4.74 Å². The van der Waals surface area contributed by atoms with Crippen molar-refractivity contribution in [1.29, 1.82) is 0 Å². The van der Waals surface area contributed by atoms with Crippen molar-refractivity contribution in [3.63, 3.8) is 0 Å². The van der Waals surface area contributed by atoms with Crippen LogP contribution in [0.1, 0.15) is 36.9 Å². The van der Waals surface area contributed by atoms with E-state index in [0.29, 0.717) is 0 Å². The van der Waals surface area contributed by atoms with Crippen LogP contribution in [0.25, 0.3) is 0 Å². The lowest BCUT2D eigenvalue weighted by molar-refractivity contribution is 0.311. The van der Waals surface area contributed by atoms with Gasteiger partial charge in [-0.25, -0.2) is 0 Å². The molecule has 0 radical (unpaired) electrons. The Morgan fingerprint density at radius 2 is 1.90 bits per heavy atom. The van der Waals surface area contributed by atoms with Crippen molar-refractivity contribution >= 4 is 0 Å². The van der Waals surface area contributed by atoms with E-state index in [2.05, 4.69) is 18.0 Å². The van der Waals surface area contributed by atoms with Gasteiger partial charge in [0.05, 0.1) is 6.61 Å². The fourth-order valence-electron chi connectivity index (χ4n) is 2.16. The second-order valence-corrected chi connectivity index (χ2v) is 4.89. The number of ether oxygens (including phenoxy) is 1. The molecule has 1 unspecified atom stereocenters. The summed E-state index contributed by atoms with van der Waals surface area (Å²) in [4.78, 5) is 4.03. The average molecular weight is 270 g/mol. The maximum atomic E-state index is 6.32. The minimum Gasteiger partial charge on any atom is -0.493 e. The zero-order valence-corrected chi connectivity index (χ0v) is 12.0. The topological polar surface area (TPSA) is 48.1 Å². The highest BCUT2D eigenvalue weighted by Crippen LogP contribution is 2.26. The molecular weight excluding hydrogens is 248 g/mol. The van der Waals surface area contributed by atoms with Gasteiger partial charge >= 0.3 is 0 Å². The molecule has 3 nitrogen and oxygen atoms in total. The van der Waals surface area contributed by atoms with Gasteiger partial charge in [0.2, 0.25) is 0 Å². The highest BCUT2D eigenvalue weighted by Gasteiger charge is 2.11. The number of nitrogens with two attached hydrogens (primary N) is 1. The summed E-state index contributed by atoms with van der Waals surface area (Å²) in [5, 5.41) is 0. The summed E-state index contributed by atoms with van der Waals surface area (Å²) < 4.78 is 5.77. The first-order chi connectivity index (χ1) is 9.81. The standard InChI is InChI=1S/C17H22N2O/c1-2-13-20-17-6-4-3-5-15(17)16(18)8-7-14-9-11-19-12-10-14/h3-6,9-12,16H,2,7-8,13,18H2,1H3. The number of nitrogens with zero attached hydrogens (tertiary/aromatic N) is 1. The summed E-state index contributed by atoms with van der Waals surface area (Å²) in [7, 11) is 0. The molecule has 0 amide bonds. The fraction of sp³-hybridized carbons (Fsp3) is 0.353. The van der Waals surface area contributed by atoms with Crippen LogP contribution in [0.5, 0.6) is 5.75 Å². The first kappa shape index (κ1) is 14.5. The summed E-state index contributed by atoms with van der Waals surface area (Å²) in [5.74, 6) is 0.913. The molecule has 0 saturated carbocycles. The molecule has 1 atom stereocenters. The predicted octanol–water partition coefficient (Wildman–Crippen LogP) is 3.50. The van der Waals surface area contributed by atoms with Gasteiger partial charge < -0.3 is 10.5 Å². The molecule has 0 saturated heterocycles. The second kappa shape index (κ2) is 7.65. The van der Waals surface area contributed by atoms with Gasteiger partial charge in [-0.15, -0.1) is 0 Å². The minimum absolute atomic E-state index is 0.00350. The lowest BCUT2D eigenvalue weighted by Gasteiger charge is -2.16. The molecule has 1 aromatic heterocycles. The Hall–Kier alpha value is -1.87. The number of aromatic nitrogens is 1. The molecule has 3 heteroatoms. The van der Waals surface area contributed by atoms with E-state index < -0.39 is 0 Å². The molecule has 1 aromatic carbocycles. The molecule has 0 aliphatic rings. The molecule has 0 spiro atoms. The van der Waals surface area contributed by atoms with Gasteiger partial charge in [0.15, 0.2) is 0 Å². The van der Waals surface area contributed by atoms with E-state index in [9.17, 15) is 0 Å². The van der Waals surface area contributed by atoms with Gasteiger partial charge in [0.1, 0.15) is 5.75 Å². The van der Waals surface area contributed by atoms with Crippen molar-refractivity contribution in [2.24, 2.45) is 5.73 Å². The van der Waals surface area contributed by atoms with Gasteiger partial charge in [-0.05, 0) is 43.0 Å². The Morgan fingerprint density at radius 3 is 2.65 bits per heavy atom. The van der Waals surface area contributed by atoms with Crippen LogP contribution < -0.4 is 10.5 Å². The largest absolute Gasteiger partial charge is 0.493 e. The monoisotopic (exact) mass is 270 g/mol. The van der Waals surface area contributed by atoms with E-state index in [4.69, 9.17) is 10.5 Å². The fourth-order valence-corrected chi connectivity index (χ4v) is 2.16.